The summed E-state index contributed by atoms with van der Waals surface area (Å²) in [6.45, 7) is 14.6. The van der Waals surface area contributed by atoms with E-state index in [4.69, 9.17) is 0 Å². The summed E-state index contributed by atoms with van der Waals surface area (Å²) in [5, 5.41) is 0. The number of carbonyl (C=O) groups is 1. The summed E-state index contributed by atoms with van der Waals surface area (Å²) in [6, 6.07) is 0.398. The normalized spacial score (nSPS) is 21.1. The number of hydrogen-bond donors (Lipinski definition) is 0. The lowest BCUT2D eigenvalue weighted by atomic mass is 9.78. The maximum Gasteiger partial charge on any atom is 0.222 e. The van der Waals surface area contributed by atoms with E-state index in [-0.39, 0.29) is 5.41 Å². The second-order valence-corrected chi connectivity index (χ2v) is 7.03. The molecule has 1 saturated heterocycles. The minimum absolute atomic E-state index is 0.184. The summed E-state index contributed by atoms with van der Waals surface area (Å²) in [7, 11) is 0. The van der Waals surface area contributed by atoms with Gasteiger partial charge in [0.15, 0.2) is 0 Å². The van der Waals surface area contributed by atoms with E-state index in [9.17, 15) is 4.79 Å². The predicted octanol–water partition coefficient (Wildman–Crippen LogP) is 3.71. The van der Waals surface area contributed by atoms with E-state index in [1.807, 2.05) is 0 Å². The molecule has 2 unspecified atom stereocenters. The molecule has 0 bridgehead atoms. The van der Waals surface area contributed by atoms with Crippen LogP contribution in [0.4, 0.5) is 0 Å². The van der Waals surface area contributed by atoms with Crippen molar-refractivity contribution in [3.8, 4) is 0 Å². The highest BCUT2D eigenvalue weighted by Crippen LogP contribution is 2.33. The van der Waals surface area contributed by atoms with Crippen LogP contribution < -0.4 is 0 Å². The molecule has 0 N–H and O–H groups in total. The summed E-state index contributed by atoms with van der Waals surface area (Å²) in [4.78, 5) is 14.1. The Morgan fingerprint density at radius 1 is 1.24 bits per heavy atom. The van der Waals surface area contributed by atoms with Crippen LogP contribution in [0.1, 0.15) is 60.8 Å². The fraction of sp³-hybridized carbons (Fsp3) is 0.933. The van der Waals surface area contributed by atoms with Gasteiger partial charge < -0.3 is 4.90 Å². The van der Waals surface area contributed by atoms with Crippen molar-refractivity contribution in [3.63, 3.8) is 0 Å². The first kappa shape index (κ1) is 14.5. The lowest BCUT2D eigenvalue weighted by molar-refractivity contribution is -0.132. The monoisotopic (exact) mass is 239 g/mol. The molecular formula is C15H29NO. The number of nitrogens with zero attached hydrogens (tertiary/aromatic N) is 1. The SMILES string of the molecule is CC(C)C(C)CC(N1CCCC1=O)C(C)(C)C. The van der Waals surface area contributed by atoms with Gasteiger partial charge in [-0.15, -0.1) is 0 Å². The number of rotatable bonds is 4. The topological polar surface area (TPSA) is 20.3 Å². The van der Waals surface area contributed by atoms with Gasteiger partial charge in [0.2, 0.25) is 5.91 Å². The largest absolute Gasteiger partial charge is 0.339 e. The molecule has 1 heterocycles. The van der Waals surface area contributed by atoms with Crippen LogP contribution in [0.2, 0.25) is 0 Å². The van der Waals surface area contributed by atoms with Crippen LogP contribution in [0, 0.1) is 17.3 Å². The molecule has 0 radical (unpaired) electrons. The summed E-state index contributed by atoms with van der Waals surface area (Å²) in [5.74, 6) is 1.73. The minimum Gasteiger partial charge on any atom is -0.339 e. The predicted molar refractivity (Wildman–Crippen MR) is 72.8 cm³/mol. The Hall–Kier alpha value is -0.530. The second-order valence-electron chi connectivity index (χ2n) is 7.03. The Kier molecular flexibility index (Phi) is 4.62. The first-order chi connectivity index (χ1) is 7.73. The van der Waals surface area contributed by atoms with Crippen molar-refractivity contribution in [2.75, 3.05) is 6.54 Å². The molecule has 2 heteroatoms. The van der Waals surface area contributed by atoms with E-state index in [0.29, 0.717) is 23.8 Å². The third kappa shape index (κ3) is 3.72. The zero-order valence-corrected chi connectivity index (χ0v) is 12.4. The maximum atomic E-state index is 11.9. The van der Waals surface area contributed by atoms with Crippen LogP contribution in [0.25, 0.3) is 0 Å². The Morgan fingerprint density at radius 3 is 2.18 bits per heavy atom. The van der Waals surface area contributed by atoms with Gasteiger partial charge in [0.05, 0.1) is 0 Å². The van der Waals surface area contributed by atoms with Gasteiger partial charge in [0.1, 0.15) is 0 Å². The molecule has 100 valence electrons. The Bertz CT molecular complexity index is 265. The molecule has 1 aliphatic rings. The van der Waals surface area contributed by atoms with Crippen molar-refractivity contribution in [2.24, 2.45) is 17.3 Å². The molecule has 2 nitrogen and oxygen atoms in total. The number of hydrogen-bond acceptors (Lipinski definition) is 1. The highest BCUT2D eigenvalue weighted by molar-refractivity contribution is 5.78. The van der Waals surface area contributed by atoms with Gasteiger partial charge in [0.25, 0.3) is 0 Å². The van der Waals surface area contributed by atoms with Crippen molar-refractivity contribution in [3.05, 3.63) is 0 Å². The Balaban J connectivity index is 2.78. The van der Waals surface area contributed by atoms with Crippen LogP contribution in [0.5, 0.6) is 0 Å². The second kappa shape index (κ2) is 5.41. The fourth-order valence-electron chi connectivity index (χ4n) is 2.57. The van der Waals surface area contributed by atoms with Gasteiger partial charge in [0, 0.05) is 19.0 Å². The Morgan fingerprint density at radius 2 is 1.82 bits per heavy atom. The van der Waals surface area contributed by atoms with E-state index in [1.54, 1.807) is 0 Å². The smallest absolute Gasteiger partial charge is 0.222 e. The molecule has 1 aliphatic heterocycles. The quantitative estimate of drug-likeness (QED) is 0.732. The van der Waals surface area contributed by atoms with Crippen molar-refractivity contribution >= 4 is 5.91 Å². The first-order valence-electron chi connectivity index (χ1n) is 7.03. The summed E-state index contributed by atoms with van der Waals surface area (Å²) >= 11 is 0. The fourth-order valence-corrected chi connectivity index (χ4v) is 2.57. The van der Waals surface area contributed by atoms with Crippen LogP contribution in [-0.2, 0) is 4.79 Å². The van der Waals surface area contributed by atoms with Crippen LogP contribution in [0.15, 0.2) is 0 Å². The molecule has 0 aliphatic carbocycles. The highest BCUT2D eigenvalue weighted by Gasteiger charge is 2.36. The maximum absolute atomic E-state index is 11.9. The van der Waals surface area contributed by atoms with Crippen molar-refractivity contribution in [2.45, 2.75) is 66.8 Å². The molecule has 1 rings (SSSR count). The van der Waals surface area contributed by atoms with Gasteiger partial charge in [-0.2, -0.15) is 0 Å². The molecular weight excluding hydrogens is 210 g/mol. The van der Waals surface area contributed by atoms with E-state index < -0.39 is 0 Å². The van der Waals surface area contributed by atoms with Gasteiger partial charge >= 0.3 is 0 Å². The average molecular weight is 239 g/mol. The molecule has 2 atom stereocenters. The van der Waals surface area contributed by atoms with E-state index in [0.717, 1.165) is 25.8 Å². The van der Waals surface area contributed by atoms with Crippen molar-refractivity contribution in [1.82, 2.24) is 4.90 Å². The molecule has 1 fully saturated rings. The number of likely N-dealkylation sites (tertiary alicyclic amines) is 1. The standard InChI is InChI=1S/C15H29NO/c1-11(2)12(3)10-13(15(4,5)6)16-9-7-8-14(16)17/h11-13H,7-10H2,1-6H3. The first-order valence-corrected chi connectivity index (χ1v) is 7.03. The van der Waals surface area contributed by atoms with E-state index in [2.05, 4.69) is 46.4 Å². The highest BCUT2D eigenvalue weighted by atomic mass is 16.2. The minimum atomic E-state index is 0.184. The van der Waals surface area contributed by atoms with Crippen LogP contribution >= 0.6 is 0 Å². The molecule has 0 aromatic carbocycles. The lowest BCUT2D eigenvalue weighted by Crippen LogP contribution is -2.46. The zero-order valence-electron chi connectivity index (χ0n) is 12.4. The van der Waals surface area contributed by atoms with Gasteiger partial charge in [-0.25, -0.2) is 0 Å². The summed E-state index contributed by atoms with van der Waals surface area (Å²) < 4.78 is 0. The van der Waals surface area contributed by atoms with Gasteiger partial charge in [-0.1, -0.05) is 41.5 Å². The third-order valence-corrected chi connectivity index (χ3v) is 4.22. The zero-order chi connectivity index (χ0) is 13.2. The summed E-state index contributed by atoms with van der Waals surface area (Å²) in [5.41, 5.74) is 0.184. The lowest BCUT2D eigenvalue weighted by Gasteiger charge is -2.40. The summed E-state index contributed by atoms with van der Waals surface area (Å²) in [6.07, 6.45) is 2.93. The van der Waals surface area contributed by atoms with E-state index in [1.165, 1.54) is 0 Å². The molecule has 0 spiro atoms. The molecule has 17 heavy (non-hydrogen) atoms. The molecule has 0 saturated carbocycles. The van der Waals surface area contributed by atoms with Crippen LogP contribution in [-0.4, -0.2) is 23.4 Å². The molecule has 1 amide bonds. The third-order valence-electron chi connectivity index (χ3n) is 4.22. The average Bonchev–Trinajstić information content (AvgIpc) is 2.58. The number of amides is 1. The molecule has 0 aromatic rings. The number of carbonyl (C=O) groups excluding carboxylic acids is 1. The van der Waals surface area contributed by atoms with Crippen molar-refractivity contribution < 1.29 is 4.79 Å². The van der Waals surface area contributed by atoms with E-state index >= 15 is 0 Å². The van der Waals surface area contributed by atoms with Gasteiger partial charge in [-0.05, 0) is 30.1 Å². The Labute approximate surface area is 107 Å². The van der Waals surface area contributed by atoms with Crippen LogP contribution in [0.3, 0.4) is 0 Å². The van der Waals surface area contributed by atoms with Gasteiger partial charge in [-0.3, -0.25) is 4.79 Å². The molecule has 0 aromatic heterocycles. The van der Waals surface area contributed by atoms with Crippen molar-refractivity contribution in [1.29, 1.82) is 0 Å².